The lowest BCUT2D eigenvalue weighted by atomic mass is 10.4. The molecule has 0 unspecified atom stereocenters. The highest BCUT2D eigenvalue weighted by molar-refractivity contribution is 7.91. The van der Waals surface area contributed by atoms with Crippen molar-refractivity contribution in [2.45, 2.75) is 10.6 Å². The van der Waals surface area contributed by atoms with Crippen LogP contribution in [0.4, 0.5) is 0 Å². The van der Waals surface area contributed by atoms with Gasteiger partial charge in [-0.25, -0.2) is 8.42 Å². The Bertz CT molecular complexity index is 612. The highest BCUT2D eigenvalue weighted by Crippen LogP contribution is 2.19. The van der Waals surface area contributed by atoms with Crippen molar-refractivity contribution in [3.05, 3.63) is 17.5 Å². The number of hydrogen-bond acceptors (Lipinski definition) is 5. The molecule has 2 heterocycles. The zero-order chi connectivity index (χ0) is 15.5. The van der Waals surface area contributed by atoms with Gasteiger partial charge >= 0.3 is 0 Å². The summed E-state index contributed by atoms with van der Waals surface area (Å²) >= 11 is 1.11. The van der Waals surface area contributed by atoms with E-state index in [4.69, 9.17) is 0 Å². The number of nitrogens with zero attached hydrogens (tertiary/aromatic N) is 2. The number of carbonyl (C=O) groups excluding carboxylic acids is 2. The Morgan fingerprint density at radius 1 is 1.52 bits per heavy atom. The molecule has 0 spiro atoms. The lowest BCUT2D eigenvalue weighted by Gasteiger charge is -2.22. The molecule has 7 nitrogen and oxygen atoms in total. The number of likely N-dealkylation sites (N-methyl/N-ethyl adjacent to an activating group) is 1. The molecule has 21 heavy (non-hydrogen) atoms. The predicted molar refractivity (Wildman–Crippen MR) is 78.3 cm³/mol. The first-order chi connectivity index (χ1) is 9.91. The van der Waals surface area contributed by atoms with E-state index in [-0.39, 0.29) is 29.1 Å². The third-order valence-corrected chi connectivity index (χ3v) is 6.31. The molecule has 1 aromatic heterocycles. The standard InChI is InChI=1S/C12H17N3O4S2/c1-14(21(18,19)12-4-2-7-20-12)9-11(17)15-6-3-5-13-10(16)8-15/h2,4,7H,3,5-6,8-9H2,1H3,(H,13,16). The normalized spacial score (nSPS) is 16.7. The molecule has 1 N–H and O–H groups in total. The van der Waals surface area contributed by atoms with Gasteiger partial charge < -0.3 is 10.2 Å². The van der Waals surface area contributed by atoms with Crippen LogP contribution in [0.2, 0.25) is 0 Å². The Balaban J connectivity index is 2.03. The first kappa shape index (κ1) is 15.9. The summed E-state index contributed by atoms with van der Waals surface area (Å²) in [5.74, 6) is -0.584. The van der Waals surface area contributed by atoms with Crippen LogP contribution in [0.5, 0.6) is 0 Å². The third kappa shape index (κ3) is 3.80. The first-order valence-corrected chi connectivity index (χ1v) is 8.77. The second-order valence-corrected chi connectivity index (χ2v) is 7.93. The van der Waals surface area contributed by atoms with Crippen molar-refractivity contribution < 1.29 is 18.0 Å². The number of sulfonamides is 1. The molecule has 1 aromatic rings. The number of nitrogens with one attached hydrogen (secondary N) is 1. The summed E-state index contributed by atoms with van der Waals surface area (Å²) in [5, 5.41) is 4.34. The fourth-order valence-electron chi connectivity index (χ4n) is 1.96. The fourth-order valence-corrected chi connectivity index (χ4v) is 4.28. The molecule has 0 saturated carbocycles. The van der Waals surface area contributed by atoms with Gasteiger partial charge in [0, 0.05) is 20.1 Å². The number of carbonyl (C=O) groups is 2. The Labute approximate surface area is 127 Å². The molecule has 1 aliphatic rings. The zero-order valence-corrected chi connectivity index (χ0v) is 13.2. The van der Waals surface area contributed by atoms with Crippen molar-refractivity contribution in [1.82, 2.24) is 14.5 Å². The average molecular weight is 331 g/mol. The summed E-state index contributed by atoms with van der Waals surface area (Å²) in [6.45, 7) is 0.690. The minimum absolute atomic E-state index is 0.0221. The lowest BCUT2D eigenvalue weighted by molar-refractivity contribution is -0.135. The van der Waals surface area contributed by atoms with E-state index in [1.165, 1.54) is 18.0 Å². The van der Waals surface area contributed by atoms with Crippen LogP contribution in [0, 0.1) is 0 Å². The van der Waals surface area contributed by atoms with Gasteiger partial charge in [-0.2, -0.15) is 4.31 Å². The monoisotopic (exact) mass is 331 g/mol. The molecule has 2 amide bonds. The van der Waals surface area contributed by atoms with Crippen molar-refractivity contribution >= 4 is 33.2 Å². The van der Waals surface area contributed by atoms with Crippen LogP contribution in [0.25, 0.3) is 0 Å². The molecule has 0 aromatic carbocycles. The van der Waals surface area contributed by atoms with Gasteiger partial charge in [0.1, 0.15) is 4.21 Å². The van der Waals surface area contributed by atoms with Gasteiger partial charge in [0.05, 0.1) is 13.1 Å². The Kier molecular flexibility index (Phi) is 4.96. The SMILES string of the molecule is CN(CC(=O)N1CCCNC(=O)C1)S(=O)(=O)c1cccs1. The zero-order valence-electron chi connectivity index (χ0n) is 11.6. The Morgan fingerprint density at radius 2 is 2.29 bits per heavy atom. The van der Waals surface area contributed by atoms with Gasteiger partial charge in [-0.15, -0.1) is 11.3 Å². The molecule has 9 heteroatoms. The maximum Gasteiger partial charge on any atom is 0.252 e. The number of thiophene rings is 1. The average Bonchev–Trinajstić information content (AvgIpc) is 2.88. The Morgan fingerprint density at radius 3 is 2.95 bits per heavy atom. The van der Waals surface area contributed by atoms with Gasteiger partial charge in [-0.05, 0) is 17.9 Å². The third-order valence-electron chi connectivity index (χ3n) is 3.13. The number of amides is 2. The van der Waals surface area contributed by atoms with Crippen LogP contribution >= 0.6 is 11.3 Å². The molecule has 0 bridgehead atoms. The first-order valence-electron chi connectivity index (χ1n) is 6.45. The summed E-state index contributed by atoms with van der Waals surface area (Å²) in [6, 6.07) is 3.15. The van der Waals surface area contributed by atoms with E-state index in [1.54, 1.807) is 11.4 Å². The van der Waals surface area contributed by atoms with Crippen LogP contribution in [0.1, 0.15) is 6.42 Å². The van der Waals surface area contributed by atoms with Crippen LogP contribution < -0.4 is 5.32 Å². The van der Waals surface area contributed by atoms with Gasteiger partial charge in [-0.3, -0.25) is 9.59 Å². The maximum atomic E-state index is 12.2. The van der Waals surface area contributed by atoms with E-state index in [0.717, 1.165) is 15.6 Å². The van der Waals surface area contributed by atoms with Crippen molar-refractivity contribution in [2.24, 2.45) is 0 Å². The highest BCUT2D eigenvalue weighted by atomic mass is 32.2. The quantitative estimate of drug-likeness (QED) is 0.822. The highest BCUT2D eigenvalue weighted by Gasteiger charge is 2.27. The summed E-state index contributed by atoms with van der Waals surface area (Å²) in [4.78, 5) is 25.0. The minimum atomic E-state index is -3.65. The van der Waals surface area contributed by atoms with Gasteiger partial charge in [0.2, 0.25) is 11.8 Å². The van der Waals surface area contributed by atoms with Crippen LogP contribution in [0.15, 0.2) is 21.7 Å². The molecule has 1 fully saturated rings. The fraction of sp³-hybridized carbons (Fsp3) is 0.500. The predicted octanol–water partition coefficient (Wildman–Crippen LogP) is -0.283. The lowest BCUT2D eigenvalue weighted by Crippen LogP contribution is -2.43. The van der Waals surface area contributed by atoms with Crippen LogP contribution in [-0.4, -0.2) is 62.7 Å². The summed E-state index contributed by atoms with van der Waals surface area (Å²) in [7, 11) is -2.28. The van der Waals surface area contributed by atoms with Crippen LogP contribution in [0.3, 0.4) is 0 Å². The van der Waals surface area contributed by atoms with Gasteiger partial charge in [0.25, 0.3) is 10.0 Å². The second-order valence-electron chi connectivity index (χ2n) is 4.71. The van der Waals surface area contributed by atoms with E-state index in [0.29, 0.717) is 19.5 Å². The summed E-state index contributed by atoms with van der Waals surface area (Å²) in [6.07, 6.45) is 0.666. The molecule has 116 valence electrons. The molecule has 1 saturated heterocycles. The van der Waals surface area contributed by atoms with Crippen molar-refractivity contribution in [3.8, 4) is 0 Å². The molecular formula is C12H17N3O4S2. The maximum absolute atomic E-state index is 12.2. The largest absolute Gasteiger partial charge is 0.354 e. The van der Waals surface area contributed by atoms with Crippen molar-refractivity contribution in [2.75, 3.05) is 33.2 Å². The van der Waals surface area contributed by atoms with Crippen molar-refractivity contribution in [1.29, 1.82) is 0 Å². The molecule has 0 atom stereocenters. The van der Waals surface area contributed by atoms with Crippen LogP contribution in [-0.2, 0) is 19.6 Å². The summed E-state index contributed by atoms with van der Waals surface area (Å²) in [5.41, 5.74) is 0. The molecule has 0 radical (unpaired) electrons. The topological polar surface area (TPSA) is 86.8 Å². The van der Waals surface area contributed by atoms with E-state index in [2.05, 4.69) is 5.32 Å². The minimum Gasteiger partial charge on any atom is -0.354 e. The second kappa shape index (κ2) is 6.54. The summed E-state index contributed by atoms with van der Waals surface area (Å²) < 4.78 is 25.7. The van der Waals surface area contributed by atoms with Gasteiger partial charge in [-0.1, -0.05) is 6.07 Å². The molecule has 1 aliphatic heterocycles. The Hall–Kier alpha value is -1.45. The van der Waals surface area contributed by atoms with E-state index in [1.807, 2.05) is 0 Å². The van der Waals surface area contributed by atoms with Crippen molar-refractivity contribution in [3.63, 3.8) is 0 Å². The number of rotatable bonds is 4. The molecular weight excluding hydrogens is 314 g/mol. The number of hydrogen-bond donors (Lipinski definition) is 1. The van der Waals surface area contributed by atoms with E-state index in [9.17, 15) is 18.0 Å². The van der Waals surface area contributed by atoms with E-state index < -0.39 is 10.0 Å². The smallest absolute Gasteiger partial charge is 0.252 e. The van der Waals surface area contributed by atoms with E-state index >= 15 is 0 Å². The molecule has 2 rings (SSSR count). The van der Waals surface area contributed by atoms with Gasteiger partial charge in [0.15, 0.2) is 0 Å². The molecule has 0 aliphatic carbocycles.